The molecule has 0 atom stereocenters. The Labute approximate surface area is 113 Å². The summed E-state index contributed by atoms with van der Waals surface area (Å²) < 4.78 is 0. The first-order valence-electron chi connectivity index (χ1n) is 6.06. The Morgan fingerprint density at radius 3 is 2.56 bits per heavy atom. The molecular formula is C15H18N2S. The van der Waals surface area contributed by atoms with E-state index in [1.165, 1.54) is 16.7 Å². The number of hydrogen-bond donors (Lipinski definition) is 1. The summed E-state index contributed by atoms with van der Waals surface area (Å²) in [6, 6.07) is 12.6. The van der Waals surface area contributed by atoms with Crippen molar-refractivity contribution in [2.45, 2.75) is 25.0 Å². The highest BCUT2D eigenvalue weighted by molar-refractivity contribution is 7.97. The fraction of sp³-hybridized carbons (Fsp3) is 0.267. The maximum atomic E-state index is 5.69. The molecule has 0 aliphatic carbocycles. The largest absolute Gasteiger partial charge is 0.325 e. The van der Waals surface area contributed by atoms with E-state index < -0.39 is 0 Å². The van der Waals surface area contributed by atoms with Crippen molar-refractivity contribution >= 4 is 11.8 Å². The lowest BCUT2D eigenvalue weighted by molar-refractivity contribution is 0.964. The number of rotatable bonds is 5. The molecule has 18 heavy (non-hydrogen) atoms. The average molecular weight is 258 g/mol. The number of nitrogens with two attached hydrogens (primary N) is 1. The monoisotopic (exact) mass is 258 g/mol. The standard InChI is InChI=1S/C15H18N2S/c1-12-5-2-3-6-13(12)10-18-11-14-7-4-8-17-15(14)9-16/h2-8H,9-11,16H2,1H3. The van der Waals surface area contributed by atoms with Crippen LogP contribution in [0.1, 0.15) is 22.4 Å². The summed E-state index contributed by atoms with van der Waals surface area (Å²) in [5.74, 6) is 2.00. The number of benzene rings is 1. The normalized spacial score (nSPS) is 10.6. The van der Waals surface area contributed by atoms with E-state index in [2.05, 4.69) is 42.2 Å². The summed E-state index contributed by atoms with van der Waals surface area (Å²) >= 11 is 1.91. The number of aromatic nitrogens is 1. The van der Waals surface area contributed by atoms with Crippen LogP contribution >= 0.6 is 11.8 Å². The highest BCUT2D eigenvalue weighted by atomic mass is 32.2. The fourth-order valence-corrected chi connectivity index (χ4v) is 2.96. The van der Waals surface area contributed by atoms with Crippen LogP contribution in [0.3, 0.4) is 0 Å². The van der Waals surface area contributed by atoms with Gasteiger partial charge in [-0.3, -0.25) is 4.98 Å². The maximum Gasteiger partial charge on any atom is 0.0579 e. The van der Waals surface area contributed by atoms with Gasteiger partial charge in [-0.15, -0.1) is 0 Å². The molecule has 2 rings (SSSR count). The first-order valence-corrected chi connectivity index (χ1v) is 7.22. The number of nitrogens with zero attached hydrogens (tertiary/aromatic N) is 1. The zero-order valence-corrected chi connectivity index (χ0v) is 11.4. The predicted molar refractivity (Wildman–Crippen MR) is 78.3 cm³/mol. The van der Waals surface area contributed by atoms with Gasteiger partial charge in [-0.05, 0) is 29.7 Å². The SMILES string of the molecule is Cc1ccccc1CSCc1cccnc1CN. The lowest BCUT2D eigenvalue weighted by atomic mass is 10.1. The van der Waals surface area contributed by atoms with Gasteiger partial charge in [-0.25, -0.2) is 0 Å². The Morgan fingerprint density at radius 2 is 1.78 bits per heavy atom. The first kappa shape index (κ1) is 13.1. The summed E-state index contributed by atoms with van der Waals surface area (Å²) in [5.41, 5.74) is 10.7. The van der Waals surface area contributed by atoms with Gasteiger partial charge in [0.1, 0.15) is 0 Å². The summed E-state index contributed by atoms with van der Waals surface area (Å²) in [7, 11) is 0. The van der Waals surface area contributed by atoms with Crippen molar-refractivity contribution in [3.63, 3.8) is 0 Å². The predicted octanol–water partition coefficient (Wildman–Crippen LogP) is 3.28. The molecule has 0 bridgehead atoms. The number of thioether (sulfide) groups is 1. The number of pyridine rings is 1. The summed E-state index contributed by atoms with van der Waals surface area (Å²) in [6.07, 6.45) is 1.80. The second-order valence-electron chi connectivity index (χ2n) is 4.23. The number of hydrogen-bond acceptors (Lipinski definition) is 3. The molecule has 94 valence electrons. The van der Waals surface area contributed by atoms with Gasteiger partial charge >= 0.3 is 0 Å². The van der Waals surface area contributed by atoms with Crippen LogP contribution in [0.5, 0.6) is 0 Å². The molecule has 0 aliphatic rings. The summed E-state index contributed by atoms with van der Waals surface area (Å²) in [6.45, 7) is 2.67. The molecule has 0 amide bonds. The minimum absolute atomic E-state index is 0.515. The van der Waals surface area contributed by atoms with Crippen molar-refractivity contribution in [3.8, 4) is 0 Å². The summed E-state index contributed by atoms with van der Waals surface area (Å²) in [5, 5.41) is 0. The van der Waals surface area contributed by atoms with Crippen LogP contribution in [0.4, 0.5) is 0 Å². The van der Waals surface area contributed by atoms with E-state index in [1.54, 1.807) is 6.20 Å². The van der Waals surface area contributed by atoms with Crippen LogP contribution in [-0.4, -0.2) is 4.98 Å². The third-order valence-corrected chi connectivity index (χ3v) is 3.98. The van der Waals surface area contributed by atoms with Gasteiger partial charge in [0.25, 0.3) is 0 Å². The molecule has 0 saturated carbocycles. The van der Waals surface area contributed by atoms with Crippen molar-refractivity contribution in [2.24, 2.45) is 5.73 Å². The molecule has 0 fully saturated rings. The smallest absolute Gasteiger partial charge is 0.0579 e. The van der Waals surface area contributed by atoms with E-state index in [0.29, 0.717) is 6.54 Å². The average Bonchev–Trinajstić information content (AvgIpc) is 2.41. The first-order chi connectivity index (χ1) is 8.81. The molecular weight excluding hydrogens is 240 g/mol. The van der Waals surface area contributed by atoms with E-state index in [4.69, 9.17) is 5.73 Å². The van der Waals surface area contributed by atoms with E-state index in [1.807, 2.05) is 17.8 Å². The lowest BCUT2D eigenvalue weighted by Crippen LogP contribution is -2.03. The number of aryl methyl sites for hydroxylation is 1. The molecule has 0 saturated heterocycles. The van der Waals surface area contributed by atoms with Gasteiger partial charge < -0.3 is 5.73 Å². The highest BCUT2D eigenvalue weighted by Crippen LogP contribution is 2.21. The van der Waals surface area contributed by atoms with Gasteiger partial charge in [0, 0.05) is 24.2 Å². The van der Waals surface area contributed by atoms with Crippen molar-refractivity contribution in [1.82, 2.24) is 4.98 Å². The minimum atomic E-state index is 0.515. The molecule has 2 aromatic rings. The van der Waals surface area contributed by atoms with Crippen LogP contribution in [0, 0.1) is 6.92 Å². The van der Waals surface area contributed by atoms with E-state index in [9.17, 15) is 0 Å². The van der Waals surface area contributed by atoms with E-state index in [-0.39, 0.29) is 0 Å². The molecule has 1 aromatic carbocycles. The molecule has 0 aliphatic heterocycles. The Hall–Kier alpha value is -1.32. The van der Waals surface area contributed by atoms with Gasteiger partial charge in [0.15, 0.2) is 0 Å². The van der Waals surface area contributed by atoms with Gasteiger partial charge in [-0.1, -0.05) is 30.3 Å². The molecule has 0 spiro atoms. The Balaban J connectivity index is 1.95. The van der Waals surface area contributed by atoms with Crippen LogP contribution < -0.4 is 5.73 Å². The topological polar surface area (TPSA) is 38.9 Å². The molecule has 3 heteroatoms. The maximum absolute atomic E-state index is 5.69. The van der Waals surface area contributed by atoms with Crippen molar-refractivity contribution in [3.05, 3.63) is 65.0 Å². The van der Waals surface area contributed by atoms with Crippen LogP contribution in [0.25, 0.3) is 0 Å². The van der Waals surface area contributed by atoms with Gasteiger partial charge in [-0.2, -0.15) is 11.8 Å². The van der Waals surface area contributed by atoms with Gasteiger partial charge in [0.05, 0.1) is 5.69 Å². The van der Waals surface area contributed by atoms with E-state index in [0.717, 1.165) is 17.2 Å². The quantitative estimate of drug-likeness (QED) is 0.894. The lowest BCUT2D eigenvalue weighted by Gasteiger charge is -2.08. The fourth-order valence-electron chi connectivity index (χ4n) is 1.83. The van der Waals surface area contributed by atoms with Crippen molar-refractivity contribution in [2.75, 3.05) is 0 Å². The Kier molecular flexibility index (Phi) is 4.79. The molecule has 1 heterocycles. The molecule has 0 radical (unpaired) electrons. The van der Waals surface area contributed by atoms with E-state index >= 15 is 0 Å². The van der Waals surface area contributed by atoms with Crippen LogP contribution in [-0.2, 0) is 18.1 Å². The zero-order valence-electron chi connectivity index (χ0n) is 10.6. The third-order valence-electron chi connectivity index (χ3n) is 2.95. The van der Waals surface area contributed by atoms with Crippen molar-refractivity contribution in [1.29, 1.82) is 0 Å². The summed E-state index contributed by atoms with van der Waals surface area (Å²) in [4.78, 5) is 4.30. The minimum Gasteiger partial charge on any atom is -0.325 e. The highest BCUT2D eigenvalue weighted by Gasteiger charge is 2.02. The van der Waals surface area contributed by atoms with Crippen molar-refractivity contribution < 1.29 is 0 Å². The second-order valence-corrected chi connectivity index (χ2v) is 5.22. The Bertz CT molecular complexity index is 511. The molecule has 2 nitrogen and oxygen atoms in total. The Morgan fingerprint density at radius 1 is 1.06 bits per heavy atom. The molecule has 0 unspecified atom stereocenters. The zero-order chi connectivity index (χ0) is 12.8. The third kappa shape index (κ3) is 3.34. The van der Waals surface area contributed by atoms with Crippen LogP contribution in [0.15, 0.2) is 42.6 Å². The molecule has 1 aromatic heterocycles. The van der Waals surface area contributed by atoms with Gasteiger partial charge in [0.2, 0.25) is 0 Å². The van der Waals surface area contributed by atoms with Crippen LogP contribution in [0.2, 0.25) is 0 Å². The second kappa shape index (κ2) is 6.57. The molecule has 2 N–H and O–H groups in total.